The SMILES string of the molecule is CCN(C[C@@H]1CCCCO1)C(=O)c1cc(C(F)F)[nH]n1. The normalized spacial score (nSPS) is 19.3. The van der Waals surface area contributed by atoms with Gasteiger partial charge in [0.25, 0.3) is 12.3 Å². The van der Waals surface area contributed by atoms with E-state index in [1.165, 1.54) is 0 Å². The summed E-state index contributed by atoms with van der Waals surface area (Å²) in [5.74, 6) is -0.343. The fraction of sp³-hybridized carbons (Fsp3) is 0.692. The Kier molecular flexibility index (Phi) is 5.05. The average molecular weight is 287 g/mol. The molecule has 1 saturated heterocycles. The van der Waals surface area contributed by atoms with Crippen molar-refractivity contribution in [2.75, 3.05) is 19.7 Å². The molecule has 1 aromatic rings. The van der Waals surface area contributed by atoms with Gasteiger partial charge in [0.1, 0.15) is 5.69 Å². The molecular formula is C13H19F2N3O2. The van der Waals surface area contributed by atoms with E-state index < -0.39 is 6.43 Å². The third kappa shape index (κ3) is 3.53. The maximum absolute atomic E-state index is 12.5. The Hall–Kier alpha value is -1.50. The first-order valence-electron chi connectivity index (χ1n) is 6.86. The summed E-state index contributed by atoms with van der Waals surface area (Å²) in [4.78, 5) is 13.8. The molecule has 1 amide bonds. The maximum Gasteiger partial charge on any atom is 0.279 e. The lowest BCUT2D eigenvalue weighted by Crippen LogP contribution is -2.39. The van der Waals surface area contributed by atoms with Crippen LogP contribution < -0.4 is 0 Å². The van der Waals surface area contributed by atoms with Crippen molar-refractivity contribution in [1.82, 2.24) is 15.1 Å². The summed E-state index contributed by atoms with van der Waals surface area (Å²) < 4.78 is 30.6. The highest BCUT2D eigenvalue weighted by molar-refractivity contribution is 5.92. The van der Waals surface area contributed by atoms with Crippen LogP contribution >= 0.6 is 0 Å². The number of rotatable bonds is 5. The van der Waals surface area contributed by atoms with Crippen LogP contribution in [0.1, 0.15) is 48.8 Å². The Morgan fingerprint density at radius 2 is 2.40 bits per heavy atom. The van der Waals surface area contributed by atoms with Crippen LogP contribution in [0.25, 0.3) is 0 Å². The first-order valence-corrected chi connectivity index (χ1v) is 6.86. The van der Waals surface area contributed by atoms with E-state index in [4.69, 9.17) is 4.74 Å². The fourth-order valence-electron chi connectivity index (χ4n) is 2.27. The molecule has 1 fully saturated rings. The Morgan fingerprint density at radius 3 is 2.95 bits per heavy atom. The smallest absolute Gasteiger partial charge is 0.279 e. The second kappa shape index (κ2) is 6.78. The van der Waals surface area contributed by atoms with Crippen molar-refractivity contribution in [3.63, 3.8) is 0 Å². The third-order valence-electron chi connectivity index (χ3n) is 3.42. The standard InChI is InChI=1S/C13H19F2N3O2/c1-2-18(8-9-5-3-4-6-20-9)13(19)11-7-10(12(14)15)16-17-11/h7,9,12H,2-6,8H2,1H3,(H,16,17)/t9-/m0/s1. The van der Waals surface area contributed by atoms with Crippen LogP contribution in [0.15, 0.2) is 6.07 Å². The number of amides is 1. The lowest BCUT2D eigenvalue weighted by molar-refractivity contribution is -0.00323. The molecule has 1 aliphatic heterocycles. The number of alkyl halides is 2. The van der Waals surface area contributed by atoms with Crippen LogP contribution in [-0.4, -0.2) is 46.8 Å². The van der Waals surface area contributed by atoms with E-state index in [-0.39, 0.29) is 23.4 Å². The average Bonchev–Trinajstić information content (AvgIpc) is 2.95. The minimum Gasteiger partial charge on any atom is -0.376 e. The highest BCUT2D eigenvalue weighted by Gasteiger charge is 2.24. The van der Waals surface area contributed by atoms with Crippen LogP contribution in [0.3, 0.4) is 0 Å². The van der Waals surface area contributed by atoms with E-state index in [9.17, 15) is 13.6 Å². The molecule has 1 atom stereocenters. The molecule has 1 aliphatic rings. The molecule has 20 heavy (non-hydrogen) atoms. The van der Waals surface area contributed by atoms with Crippen LogP contribution in [0.4, 0.5) is 8.78 Å². The number of likely N-dealkylation sites (N-methyl/N-ethyl adjacent to an activating group) is 1. The van der Waals surface area contributed by atoms with Gasteiger partial charge in [-0.3, -0.25) is 9.89 Å². The zero-order chi connectivity index (χ0) is 14.5. The summed E-state index contributed by atoms with van der Waals surface area (Å²) >= 11 is 0. The molecule has 2 rings (SSSR count). The van der Waals surface area contributed by atoms with E-state index >= 15 is 0 Å². The molecule has 0 bridgehead atoms. The van der Waals surface area contributed by atoms with Crippen molar-refractivity contribution in [1.29, 1.82) is 0 Å². The van der Waals surface area contributed by atoms with Crippen molar-refractivity contribution < 1.29 is 18.3 Å². The van der Waals surface area contributed by atoms with E-state index in [0.29, 0.717) is 19.7 Å². The molecular weight excluding hydrogens is 268 g/mol. The van der Waals surface area contributed by atoms with Gasteiger partial charge in [-0.25, -0.2) is 8.78 Å². The topological polar surface area (TPSA) is 58.2 Å². The maximum atomic E-state index is 12.5. The summed E-state index contributed by atoms with van der Waals surface area (Å²) in [5.41, 5.74) is -0.309. The van der Waals surface area contributed by atoms with Gasteiger partial charge in [-0.2, -0.15) is 5.10 Å². The van der Waals surface area contributed by atoms with Gasteiger partial charge < -0.3 is 9.64 Å². The number of hydrogen-bond acceptors (Lipinski definition) is 3. The summed E-state index contributed by atoms with van der Waals surface area (Å²) in [6.07, 6.45) is 0.441. The van der Waals surface area contributed by atoms with Gasteiger partial charge in [0.05, 0.1) is 6.10 Å². The monoisotopic (exact) mass is 287 g/mol. The number of nitrogens with one attached hydrogen (secondary N) is 1. The van der Waals surface area contributed by atoms with Gasteiger partial charge in [-0.05, 0) is 32.3 Å². The van der Waals surface area contributed by atoms with Crippen LogP contribution in [0.5, 0.6) is 0 Å². The van der Waals surface area contributed by atoms with Gasteiger partial charge >= 0.3 is 0 Å². The van der Waals surface area contributed by atoms with Gasteiger partial charge in [0.2, 0.25) is 0 Å². The van der Waals surface area contributed by atoms with Crippen molar-refractivity contribution in [2.45, 2.75) is 38.7 Å². The molecule has 0 aliphatic carbocycles. The molecule has 0 unspecified atom stereocenters. The summed E-state index contributed by atoms with van der Waals surface area (Å²) in [5, 5.41) is 5.85. The zero-order valence-electron chi connectivity index (χ0n) is 11.4. The van der Waals surface area contributed by atoms with Crippen molar-refractivity contribution in [2.24, 2.45) is 0 Å². The predicted molar refractivity (Wildman–Crippen MR) is 68.7 cm³/mol. The number of aromatic nitrogens is 2. The Labute approximate surface area is 116 Å². The van der Waals surface area contributed by atoms with Gasteiger partial charge in [0, 0.05) is 19.7 Å². The van der Waals surface area contributed by atoms with E-state index in [1.807, 2.05) is 6.92 Å². The number of halogens is 2. The first kappa shape index (κ1) is 14.9. The molecule has 2 heterocycles. The van der Waals surface area contributed by atoms with Gasteiger partial charge in [-0.15, -0.1) is 0 Å². The quantitative estimate of drug-likeness (QED) is 0.904. The van der Waals surface area contributed by atoms with E-state index in [1.54, 1.807) is 4.90 Å². The van der Waals surface area contributed by atoms with Crippen LogP contribution in [-0.2, 0) is 4.74 Å². The summed E-state index contributed by atoms with van der Waals surface area (Å²) in [6, 6.07) is 1.11. The zero-order valence-corrected chi connectivity index (χ0v) is 11.4. The number of nitrogens with zero attached hydrogens (tertiary/aromatic N) is 2. The second-order valence-electron chi connectivity index (χ2n) is 4.84. The molecule has 0 radical (unpaired) electrons. The lowest BCUT2D eigenvalue weighted by atomic mass is 10.1. The first-order chi connectivity index (χ1) is 9.61. The van der Waals surface area contributed by atoms with Crippen LogP contribution in [0.2, 0.25) is 0 Å². The molecule has 112 valence electrons. The minimum absolute atomic E-state index is 0.0259. The molecule has 1 aromatic heterocycles. The van der Waals surface area contributed by atoms with Crippen molar-refractivity contribution in [3.05, 3.63) is 17.5 Å². The Bertz CT molecular complexity index is 445. The van der Waals surface area contributed by atoms with Gasteiger partial charge in [0.15, 0.2) is 5.69 Å². The molecule has 0 saturated carbocycles. The van der Waals surface area contributed by atoms with Crippen LogP contribution in [0, 0.1) is 0 Å². The van der Waals surface area contributed by atoms with Gasteiger partial charge in [-0.1, -0.05) is 0 Å². The predicted octanol–water partition coefficient (Wildman–Crippen LogP) is 2.38. The fourth-order valence-corrected chi connectivity index (χ4v) is 2.27. The number of hydrogen-bond donors (Lipinski definition) is 1. The highest BCUT2D eigenvalue weighted by atomic mass is 19.3. The molecule has 7 heteroatoms. The molecule has 0 aromatic carbocycles. The van der Waals surface area contributed by atoms with E-state index in [2.05, 4.69) is 10.2 Å². The third-order valence-corrected chi connectivity index (χ3v) is 3.42. The molecule has 0 spiro atoms. The number of carbonyl (C=O) groups excluding carboxylic acids is 1. The lowest BCUT2D eigenvalue weighted by Gasteiger charge is -2.28. The number of aromatic amines is 1. The summed E-state index contributed by atoms with van der Waals surface area (Å²) in [7, 11) is 0. The summed E-state index contributed by atoms with van der Waals surface area (Å²) in [6.45, 7) is 3.54. The number of H-pyrrole nitrogens is 1. The highest BCUT2D eigenvalue weighted by Crippen LogP contribution is 2.18. The Balaban J connectivity index is 1.99. The minimum atomic E-state index is -2.65. The Morgan fingerprint density at radius 1 is 1.60 bits per heavy atom. The number of carbonyl (C=O) groups is 1. The van der Waals surface area contributed by atoms with E-state index in [0.717, 1.165) is 25.3 Å². The van der Waals surface area contributed by atoms with Crippen molar-refractivity contribution >= 4 is 5.91 Å². The second-order valence-corrected chi connectivity index (χ2v) is 4.84. The molecule has 5 nitrogen and oxygen atoms in total. The number of ether oxygens (including phenoxy) is 1. The van der Waals surface area contributed by atoms with Crippen molar-refractivity contribution in [3.8, 4) is 0 Å². The molecule has 1 N–H and O–H groups in total. The largest absolute Gasteiger partial charge is 0.376 e.